The molecule has 0 bridgehead atoms. The lowest BCUT2D eigenvalue weighted by molar-refractivity contribution is -0.125. The zero-order valence-electron chi connectivity index (χ0n) is 14.1. The molecule has 3 rings (SSSR count). The molecule has 1 aliphatic rings. The maximum Gasteiger partial charge on any atom is 0.269 e. The highest BCUT2D eigenvalue weighted by atomic mass is 32.2. The first-order chi connectivity index (χ1) is 12.4. The van der Waals surface area contributed by atoms with Crippen LogP contribution in [0.15, 0.2) is 54.6 Å². The molecule has 1 unspecified atom stereocenters. The second-order valence-corrected chi connectivity index (χ2v) is 8.59. The number of nitrogens with one attached hydrogen (secondary N) is 2. The molecule has 6 nitrogen and oxygen atoms in total. The van der Waals surface area contributed by atoms with Crippen LogP contribution in [0, 0.1) is 5.92 Å². The van der Waals surface area contributed by atoms with Gasteiger partial charge in [-0.1, -0.05) is 48.5 Å². The normalized spacial score (nSPS) is 18.2. The quantitative estimate of drug-likeness (QED) is 0.795. The monoisotopic (exact) mass is 372 g/mol. The van der Waals surface area contributed by atoms with Gasteiger partial charge in [-0.25, -0.2) is 8.42 Å². The van der Waals surface area contributed by atoms with Crippen molar-refractivity contribution in [3.63, 3.8) is 0 Å². The number of amides is 2. The molecule has 1 heterocycles. The average molecular weight is 372 g/mol. The molecule has 2 aromatic carbocycles. The van der Waals surface area contributed by atoms with E-state index in [1.165, 1.54) is 0 Å². The van der Waals surface area contributed by atoms with Crippen molar-refractivity contribution in [2.45, 2.75) is 12.8 Å². The van der Waals surface area contributed by atoms with Crippen LogP contribution in [0.2, 0.25) is 0 Å². The molecular weight excluding hydrogens is 352 g/mol. The minimum absolute atomic E-state index is 0.0128. The van der Waals surface area contributed by atoms with Crippen molar-refractivity contribution in [2.24, 2.45) is 5.92 Å². The van der Waals surface area contributed by atoms with E-state index in [1.807, 2.05) is 42.5 Å². The van der Waals surface area contributed by atoms with Crippen molar-refractivity contribution in [2.75, 3.05) is 11.5 Å². The fourth-order valence-corrected chi connectivity index (χ4v) is 4.74. The number of benzene rings is 2. The minimum atomic E-state index is -3.15. The van der Waals surface area contributed by atoms with Gasteiger partial charge in [0.2, 0.25) is 5.91 Å². The third-order valence-electron chi connectivity index (χ3n) is 4.40. The van der Waals surface area contributed by atoms with E-state index in [-0.39, 0.29) is 17.9 Å². The van der Waals surface area contributed by atoms with E-state index in [9.17, 15) is 18.0 Å². The summed E-state index contributed by atoms with van der Waals surface area (Å²) in [5.41, 5.74) is 7.13. The summed E-state index contributed by atoms with van der Waals surface area (Å²) in [5.74, 6) is -1.66. The van der Waals surface area contributed by atoms with Gasteiger partial charge in [-0.05, 0) is 30.0 Å². The lowest BCUT2D eigenvalue weighted by Gasteiger charge is -2.13. The summed E-state index contributed by atoms with van der Waals surface area (Å²) in [6.45, 7) is 0. The third kappa shape index (κ3) is 4.49. The van der Waals surface area contributed by atoms with Crippen LogP contribution in [-0.4, -0.2) is 31.7 Å². The molecular formula is C19H20N2O4S. The molecule has 26 heavy (non-hydrogen) atoms. The van der Waals surface area contributed by atoms with E-state index in [0.717, 1.165) is 11.1 Å². The summed E-state index contributed by atoms with van der Waals surface area (Å²) in [4.78, 5) is 24.5. The van der Waals surface area contributed by atoms with Crippen LogP contribution < -0.4 is 10.9 Å². The van der Waals surface area contributed by atoms with Crippen molar-refractivity contribution in [3.8, 4) is 0 Å². The first-order valence-corrected chi connectivity index (χ1v) is 10.2. The van der Waals surface area contributed by atoms with E-state index < -0.39 is 27.6 Å². The first-order valence-electron chi connectivity index (χ1n) is 8.37. The van der Waals surface area contributed by atoms with Gasteiger partial charge in [-0.3, -0.25) is 20.4 Å². The van der Waals surface area contributed by atoms with Crippen molar-refractivity contribution < 1.29 is 18.0 Å². The Labute approximate surface area is 152 Å². The van der Waals surface area contributed by atoms with Gasteiger partial charge in [0.1, 0.15) is 0 Å². The third-order valence-corrected chi connectivity index (χ3v) is 6.17. The number of sulfone groups is 1. The van der Waals surface area contributed by atoms with E-state index in [1.54, 1.807) is 12.1 Å². The molecule has 0 aliphatic carbocycles. The molecule has 1 saturated heterocycles. The number of hydrogen-bond donors (Lipinski definition) is 2. The topological polar surface area (TPSA) is 92.3 Å². The van der Waals surface area contributed by atoms with E-state index in [2.05, 4.69) is 10.9 Å². The number of hydrogen-bond acceptors (Lipinski definition) is 4. The smallest absolute Gasteiger partial charge is 0.269 e. The van der Waals surface area contributed by atoms with E-state index in [4.69, 9.17) is 0 Å². The highest BCUT2D eigenvalue weighted by Gasteiger charge is 2.33. The van der Waals surface area contributed by atoms with Crippen molar-refractivity contribution in [3.05, 3.63) is 71.3 Å². The standard InChI is InChI=1S/C19H20N2O4S/c22-18(16-10-11-26(24,25)13-16)20-21-19(23)17-9-5-4-8-15(17)12-14-6-2-1-3-7-14/h1-9,16H,10-13H2,(H,20,22)(H,21,23). The first kappa shape index (κ1) is 18.1. The summed E-state index contributed by atoms with van der Waals surface area (Å²) in [6.07, 6.45) is 0.883. The molecule has 7 heteroatoms. The number of carbonyl (C=O) groups is 2. The van der Waals surface area contributed by atoms with Gasteiger partial charge in [0.05, 0.1) is 17.4 Å². The maximum atomic E-state index is 12.5. The van der Waals surface area contributed by atoms with Crippen LogP contribution in [-0.2, 0) is 21.1 Å². The lowest BCUT2D eigenvalue weighted by atomic mass is 9.99. The van der Waals surface area contributed by atoms with Gasteiger partial charge >= 0.3 is 0 Å². The maximum absolute atomic E-state index is 12.5. The molecule has 2 amide bonds. The number of carbonyl (C=O) groups excluding carboxylic acids is 2. The van der Waals surface area contributed by atoms with Crippen LogP contribution in [0.4, 0.5) is 0 Å². The zero-order valence-corrected chi connectivity index (χ0v) is 15.0. The summed E-state index contributed by atoms with van der Waals surface area (Å²) in [6, 6.07) is 17.0. The van der Waals surface area contributed by atoms with Crippen LogP contribution in [0.3, 0.4) is 0 Å². The molecule has 2 N–H and O–H groups in total. The molecule has 0 radical (unpaired) electrons. The highest BCUT2D eigenvalue weighted by Crippen LogP contribution is 2.18. The van der Waals surface area contributed by atoms with Gasteiger partial charge in [-0.2, -0.15) is 0 Å². The second-order valence-electron chi connectivity index (χ2n) is 6.36. The van der Waals surface area contributed by atoms with Gasteiger partial charge in [0.25, 0.3) is 5.91 Å². The Morgan fingerprint density at radius 1 is 0.962 bits per heavy atom. The van der Waals surface area contributed by atoms with E-state index >= 15 is 0 Å². The highest BCUT2D eigenvalue weighted by molar-refractivity contribution is 7.91. The Bertz CT molecular complexity index is 910. The summed E-state index contributed by atoms with van der Waals surface area (Å²) < 4.78 is 22.9. The van der Waals surface area contributed by atoms with Crippen LogP contribution in [0.25, 0.3) is 0 Å². The minimum Gasteiger partial charge on any atom is -0.273 e. The summed E-state index contributed by atoms with van der Waals surface area (Å²) in [5, 5.41) is 0. The fourth-order valence-electron chi connectivity index (χ4n) is 3.00. The Kier molecular flexibility index (Phi) is 5.37. The van der Waals surface area contributed by atoms with Crippen LogP contribution in [0.1, 0.15) is 27.9 Å². The molecule has 2 aromatic rings. The largest absolute Gasteiger partial charge is 0.273 e. The molecule has 1 fully saturated rings. The predicted octanol–water partition coefficient (Wildman–Crippen LogP) is 1.47. The number of hydrazine groups is 1. The molecule has 1 aliphatic heterocycles. The van der Waals surface area contributed by atoms with Gasteiger partial charge < -0.3 is 0 Å². The SMILES string of the molecule is O=C(NNC(=O)C1CCS(=O)(=O)C1)c1ccccc1Cc1ccccc1. The molecule has 136 valence electrons. The lowest BCUT2D eigenvalue weighted by Crippen LogP contribution is -2.45. The molecule has 1 atom stereocenters. The zero-order chi connectivity index (χ0) is 18.6. The Morgan fingerprint density at radius 2 is 1.65 bits per heavy atom. The molecule has 0 spiro atoms. The van der Waals surface area contributed by atoms with E-state index in [0.29, 0.717) is 12.0 Å². The van der Waals surface area contributed by atoms with Gasteiger partial charge in [-0.15, -0.1) is 0 Å². The van der Waals surface area contributed by atoms with Crippen LogP contribution in [0.5, 0.6) is 0 Å². The Morgan fingerprint density at radius 3 is 2.35 bits per heavy atom. The van der Waals surface area contributed by atoms with Crippen LogP contribution >= 0.6 is 0 Å². The number of rotatable bonds is 4. The predicted molar refractivity (Wildman–Crippen MR) is 98.1 cm³/mol. The Hall–Kier alpha value is -2.67. The molecule has 0 saturated carbocycles. The van der Waals surface area contributed by atoms with Crippen molar-refractivity contribution in [1.29, 1.82) is 0 Å². The van der Waals surface area contributed by atoms with Gasteiger partial charge in [0.15, 0.2) is 9.84 Å². The van der Waals surface area contributed by atoms with Crippen molar-refractivity contribution in [1.82, 2.24) is 10.9 Å². The summed E-state index contributed by atoms with van der Waals surface area (Å²) >= 11 is 0. The average Bonchev–Trinajstić information content (AvgIpc) is 3.01. The summed E-state index contributed by atoms with van der Waals surface area (Å²) in [7, 11) is -3.15. The van der Waals surface area contributed by atoms with Crippen molar-refractivity contribution >= 4 is 21.7 Å². The van der Waals surface area contributed by atoms with Gasteiger partial charge in [0, 0.05) is 5.56 Å². The molecule has 0 aromatic heterocycles. The fraction of sp³-hybridized carbons (Fsp3) is 0.263. The second kappa shape index (κ2) is 7.70. The Balaban J connectivity index is 1.64.